The monoisotopic (exact) mass is 391 g/mol. The van der Waals surface area contributed by atoms with Gasteiger partial charge in [0.05, 0.1) is 34.7 Å². The van der Waals surface area contributed by atoms with Gasteiger partial charge in [0.25, 0.3) is 5.91 Å². The first-order valence-corrected chi connectivity index (χ1v) is 9.35. The molecular formula is C21H21N5O3. The number of nitrogens with one attached hydrogen (secondary N) is 3. The number of hydrogen-bond acceptors (Lipinski definition) is 4. The summed E-state index contributed by atoms with van der Waals surface area (Å²) in [5.74, 6) is -0.453. The van der Waals surface area contributed by atoms with Gasteiger partial charge in [0.1, 0.15) is 11.9 Å². The second-order valence-corrected chi connectivity index (χ2v) is 7.07. The first kappa shape index (κ1) is 18.7. The van der Waals surface area contributed by atoms with Gasteiger partial charge in [-0.25, -0.2) is 4.98 Å². The summed E-state index contributed by atoms with van der Waals surface area (Å²) in [6.07, 6.45) is -0.167. The molecule has 0 spiro atoms. The predicted octanol–water partition coefficient (Wildman–Crippen LogP) is 1.89. The molecule has 1 aliphatic rings. The minimum atomic E-state index is -0.956. The molecule has 0 saturated carbocycles. The van der Waals surface area contributed by atoms with E-state index >= 15 is 0 Å². The van der Waals surface area contributed by atoms with Gasteiger partial charge in [0, 0.05) is 7.05 Å². The van der Waals surface area contributed by atoms with Gasteiger partial charge in [-0.1, -0.05) is 24.3 Å². The van der Waals surface area contributed by atoms with Gasteiger partial charge in [-0.3, -0.25) is 14.4 Å². The van der Waals surface area contributed by atoms with Crippen LogP contribution < -0.4 is 16.0 Å². The van der Waals surface area contributed by atoms with Crippen LogP contribution in [0.15, 0.2) is 48.5 Å². The van der Waals surface area contributed by atoms with Crippen LogP contribution in [0.3, 0.4) is 0 Å². The van der Waals surface area contributed by atoms with E-state index in [1.165, 1.54) is 0 Å². The maximum absolute atomic E-state index is 12.6. The zero-order chi connectivity index (χ0) is 20.5. The molecule has 0 fully saturated rings. The molecule has 3 amide bonds. The number of anilines is 1. The quantitative estimate of drug-likeness (QED) is 0.632. The lowest BCUT2D eigenvalue weighted by Gasteiger charge is -2.17. The summed E-state index contributed by atoms with van der Waals surface area (Å²) < 4.78 is 1.93. The molecule has 0 bridgehead atoms. The van der Waals surface area contributed by atoms with Gasteiger partial charge < -0.3 is 20.5 Å². The largest absolute Gasteiger partial charge is 0.346 e. The smallest absolute Gasteiger partial charge is 0.254 e. The van der Waals surface area contributed by atoms with Gasteiger partial charge in [-0.05, 0) is 31.2 Å². The molecule has 3 N–H and O–H groups in total. The minimum Gasteiger partial charge on any atom is -0.346 e. The molecule has 0 aliphatic carbocycles. The number of aryl methyl sites for hydroxylation is 1. The molecule has 2 atom stereocenters. The Hall–Kier alpha value is -3.68. The molecule has 8 nitrogen and oxygen atoms in total. The van der Waals surface area contributed by atoms with Crippen LogP contribution in [0, 0.1) is 0 Å². The second kappa shape index (κ2) is 7.38. The van der Waals surface area contributed by atoms with Crippen molar-refractivity contribution in [1.29, 1.82) is 0 Å². The average Bonchev–Trinajstić information content (AvgIpc) is 2.98. The van der Waals surface area contributed by atoms with E-state index in [4.69, 9.17) is 0 Å². The summed E-state index contributed by atoms with van der Waals surface area (Å²) >= 11 is 0. The van der Waals surface area contributed by atoms with Crippen molar-refractivity contribution in [3.05, 3.63) is 59.9 Å². The maximum Gasteiger partial charge on any atom is 0.254 e. The molecule has 1 aliphatic heterocycles. The van der Waals surface area contributed by atoms with Gasteiger partial charge in [-0.15, -0.1) is 0 Å². The number of fused-ring (bicyclic) bond motifs is 2. The number of rotatable bonds is 4. The van der Waals surface area contributed by atoms with Crippen LogP contribution in [0.5, 0.6) is 0 Å². The number of amides is 3. The van der Waals surface area contributed by atoms with Gasteiger partial charge in [0.15, 0.2) is 0 Å². The molecule has 0 unspecified atom stereocenters. The van der Waals surface area contributed by atoms with Crippen molar-refractivity contribution in [3.8, 4) is 0 Å². The third kappa shape index (κ3) is 3.56. The lowest BCUT2D eigenvalue weighted by Crippen LogP contribution is -2.45. The Labute approximate surface area is 167 Å². The summed E-state index contributed by atoms with van der Waals surface area (Å²) in [6.45, 7) is 1.83. The van der Waals surface area contributed by atoms with E-state index in [0.29, 0.717) is 17.1 Å². The lowest BCUT2D eigenvalue weighted by molar-refractivity contribution is -0.126. The molecule has 3 aromatic rings. The maximum atomic E-state index is 12.6. The molecule has 29 heavy (non-hydrogen) atoms. The average molecular weight is 391 g/mol. The number of imidazole rings is 1. The SMILES string of the molecule is C[C@@H](NC(=O)C[C@@H]1NC(=O)c2ccccc2NC1=O)c1nc2ccccc2n1C. The minimum absolute atomic E-state index is 0.167. The van der Waals surface area contributed by atoms with E-state index in [0.717, 1.165) is 11.0 Å². The number of aromatic nitrogens is 2. The van der Waals surface area contributed by atoms with E-state index in [1.54, 1.807) is 24.3 Å². The zero-order valence-electron chi connectivity index (χ0n) is 16.1. The van der Waals surface area contributed by atoms with E-state index in [-0.39, 0.29) is 24.3 Å². The number of carbonyl (C=O) groups is 3. The predicted molar refractivity (Wildman–Crippen MR) is 108 cm³/mol. The Morgan fingerprint density at radius 3 is 2.69 bits per heavy atom. The van der Waals surface area contributed by atoms with E-state index in [2.05, 4.69) is 20.9 Å². The number of hydrogen-bond donors (Lipinski definition) is 3. The fourth-order valence-corrected chi connectivity index (χ4v) is 3.56. The Morgan fingerprint density at radius 2 is 1.90 bits per heavy atom. The number of carbonyl (C=O) groups excluding carboxylic acids is 3. The summed E-state index contributed by atoms with van der Waals surface area (Å²) in [4.78, 5) is 42.0. The highest BCUT2D eigenvalue weighted by Gasteiger charge is 2.30. The van der Waals surface area contributed by atoms with Crippen molar-refractivity contribution < 1.29 is 14.4 Å². The van der Waals surface area contributed by atoms with Crippen LogP contribution in [-0.2, 0) is 16.6 Å². The van der Waals surface area contributed by atoms with E-state index in [9.17, 15) is 14.4 Å². The molecule has 0 saturated heterocycles. The third-order valence-corrected chi connectivity index (χ3v) is 5.03. The van der Waals surface area contributed by atoms with Crippen molar-refractivity contribution in [2.24, 2.45) is 7.05 Å². The van der Waals surface area contributed by atoms with Crippen molar-refractivity contribution in [1.82, 2.24) is 20.2 Å². The summed E-state index contributed by atoms with van der Waals surface area (Å²) in [6, 6.07) is 13.1. The molecule has 0 radical (unpaired) electrons. The third-order valence-electron chi connectivity index (χ3n) is 5.03. The Balaban J connectivity index is 1.46. The lowest BCUT2D eigenvalue weighted by atomic mass is 10.1. The molecule has 8 heteroatoms. The fraction of sp³-hybridized carbons (Fsp3) is 0.238. The molecule has 4 rings (SSSR count). The zero-order valence-corrected chi connectivity index (χ0v) is 16.1. The van der Waals surface area contributed by atoms with Gasteiger partial charge in [0.2, 0.25) is 11.8 Å². The van der Waals surface area contributed by atoms with E-state index in [1.807, 2.05) is 42.8 Å². The molecular weight excluding hydrogens is 370 g/mol. The highest BCUT2D eigenvalue weighted by molar-refractivity contribution is 6.10. The summed E-state index contributed by atoms with van der Waals surface area (Å²) in [7, 11) is 1.89. The van der Waals surface area contributed by atoms with Crippen LogP contribution in [0.2, 0.25) is 0 Å². The number of para-hydroxylation sites is 3. The van der Waals surface area contributed by atoms with Crippen LogP contribution in [0.1, 0.15) is 35.6 Å². The standard InChI is InChI=1S/C21H21N5O3/c1-12(19-23-15-9-5-6-10-17(15)26(19)2)22-18(27)11-16-21(29)24-14-8-4-3-7-13(14)20(28)25-16/h3-10,12,16H,11H2,1-2H3,(H,22,27)(H,24,29)(H,25,28)/t12-,16+/m1/s1. The van der Waals surface area contributed by atoms with Gasteiger partial charge in [-0.2, -0.15) is 0 Å². The summed E-state index contributed by atoms with van der Waals surface area (Å²) in [5, 5.41) is 8.20. The second-order valence-electron chi connectivity index (χ2n) is 7.07. The number of benzene rings is 2. The van der Waals surface area contributed by atoms with Crippen molar-refractivity contribution >= 4 is 34.4 Å². The molecule has 148 valence electrons. The fourth-order valence-electron chi connectivity index (χ4n) is 3.56. The summed E-state index contributed by atoms with van der Waals surface area (Å²) in [5.41, 5.74) is 2.62. The van der Waals surface area contributed by atoms with Gasteiger partial charge >= 0.3 is 0 Å². The first-order chi connectivity index (χ1) is 13.9. The Kier molecular flexibility index (Phi) is 4.75. The topological polar surface area (TPSA) is 105 Å². The molecule has 2 heterocycles. The molecule has 1 aromatic heterocycles. The van der Waals surface area contributed by atoms with Crippen molar-refractivity contribution in [2.45, 2.75) is 25.4 Å². The normalized spacial score (nSPS) is 17.1. The van der Waals surface area contributed by atoms with Crippen molar-refractivity contribution in [3.63, 3.8) is 0 Å². The number of nitrogens with zero attached hydrogens (tertiary/aromatic N) is 2. The first-order valence-electron chi connectivity index (χ1n) is 9.35. The van der Waals surface area contributed by atoms with Crippen molar-refractivity contribution in [2.75, 3.05) is 5.32 Å². The highest BCUT2D eigenvalue weighted by atomic mass is 16.2. The Morgan fingerprint density at radius 1 is 1.17 bits per heavy atom. The Bertz CT molecular complexity index is 1120. The van der Waals surface area contributed by atoms with Crippen LogP contribution in [0.25, 0.3) is 11.0 Å². The van der Waals surface area contributed by atoms with Crippen LogP contribution >= 0.6 is 0 Å². The molecule has 2 aromatic carbocycles. The van der Waals surface area contributed by atoms with Crippen LogP contribution in [0.4, 0.5) is 5.69 Å². The highest BCUT2D eigenvalue weighted by Crippen LogP contribution is 2.21. The van der Waals surface area contributed by atoms with Crippen LogP contribution in [-0.4, -0.2) is 33.3 Å². The van der Waals surface area contributed by atoms with E-state index < -0.39 is 11.9 Å².